The summed E-state index contributed by atoms with van der Waals surface area (Å²) in [6.07, 6.45) is 4.62. The summed E-state index contributed by atoms with van der Waals surface area (Å²) in [7, 11) is -1.90. The van der Waals surface area contributed by atoms with E-state index in [-0.39, 0.29) is 9.92 Å². The minimum atomic E-state index is -3.52. The van der Waals surface area contributed by atoms with Crippen molar-refractivity contribution in [2.45, 2.75) is 37.1 Å². The van der Waals surface area contributed by atoms with Crippen LogP contribution in [0.3, 0.4) is 0 Å². The zero-order chi connectivity index (χ0) is 14.8. The first-order valence-electron chi connectivity index (χ1n) is 6.90. The van der Waals surface area contributed by atoms with Gasteiger partial charge in [0, 0.05) is 20.1 Å². The number of halogens is 1. The Morgan fingerprint density at radius 1 is 1.35 bits per heavy atom. The van der Waals surface area contributed by atoms with Crippen LogP contribution in [0.15, 0.2) is 23.1 Å². The Hall–Kier alpha value is -0.620. The van der Waals surface area contributed by atoms with Crippen molar-refractivity contribution in [1.29, 1.82) is 0 Å². The smallest absolute Gasteiger partial charge is 0.244 e. The highest BCUT2D eigenvalue weighted by Gasteiger charge is 2.27. The van der Waals surface area contributed by atoms with Gasteiger partial charge in [0.2, 0.25) is 10.0 Å². The standard InChI is InChI=1S/C14H21ClN2O2S/c1-17(10-11-4-2-3-5-11)20(18,19)14-7-6-12(9-16)8-13(14)15/h6-8,11H,2-5,9-10,16H2,1H3. The summed E-state index contributed by atoms with van der Waals surface area (Å²) in [6, 6.07) is 4.88. The molecule has 0 heterocycles. The van der Waals surface area contributed by atoms with Crippen LogP contribution in [-0.4, -0.2) is 26.3 Å². The van der Waals surface area contributed by atoms with Crippen LogP contribution in [0.1, 0.15) is 31.2 Å². The van der Waals surface area contributed by atoms with E-state index >= 15 is 0 Å². The van der Waals surface area contributed by atoms with Crippen LogP contribution in [-0.2, 0) is 16.6 Å². The Kier molecular flexibility index (Phi) is 5.07. The first kappa shape index (κ1) is 15.8. The summed E-state index contributed by atoms with van der Waals surface area (Å²) in [5.41, 5.74) is 6.35. The first-order chi connectivity index (χ1) is 9.45. The molecule has 0 saturated heterocycles. The second-order valence-electron chi connectivity index (χ2n) is 5.40. The van der Waals surface area contributed by atoms with Crippen molar-refractivity contribution in [3.8, 4) is 0 Å². The van der Waals surface area contributed by atoms with Crippen molar-refractivity contribution >= 4 is 21.6 Å². The number of hydrogen-bond acceptors (Lipinski definition) is 3. The summed E-state index contributed by atoms with van der Waals surface area (Å²) >= 11 is 6.09. The van der Waals surface area contributed by atoms with Crippen LogP contribution < -0.4 is 5.73 Å². The minimum Gasteiger partial charge on any atom is -0.326 e. The molecule has 20 heavy (non-hydrogen) atoms. The third kappa shape index (κ3) is 3.34. The van der Waals surface area contributed by atoms with Crippen LogP contribution in [0.2, 0.25) is 5.02 Å². The second-order valence-corrected chi connectivity index (χ2v) is 7.83. The van der Waals surface area contributed by atoms with Gasteiger partial charge in [-0.25, -0.2) is 12.7 Å². The number of benzene rings is 1. The topological polar surface area (TPSA) is 63.4 Å². The van der Waals surface area contributed by atoms with E-state index in [0.29, 0.717) is 19.0 Å². The zero-order valence-corrected chi connectivity index (χ0v) is 13.3. The third-order valence-electron chi connectivity index (χ3n) is 3.91. The molecule has 1 saturated carbocycles. The summed E-state index contributed by atoms with van der Waals surface area (Å²) in [4.78, 5) is 0.164. The van der Waals surface area contributed by atoms with Gasteiger partial charge in [0.15, 0.2) is 0 Å². The zero-order valence-electron chi connectivity index (χ0n) is 11.7. The highest BCUT2D eigenvalue weighted by atomic mass is 35.5. The molecule has 1 aromatic carbocycles. The van der Waals surface area contributed by atoms with Crippen LogP contribution in [0, 0.1) is 5.92 Å². The summed E-state index contributed by atoms with van der Waals surface area (Å²) in [5.74, 6) is 0.469. The van der Waals surface area contributed by atoms with Gasteiger partial charge in [0.1, 0.15) is 4.90 Å². The summed E-state index contributed by atoms with van der Waals surface area (Å²) in [5, 5.41) is 0.242. The van der Waals surface area contributed by atoms with Crippen molar-refractivity contribution in [2.24, 2.45) is 11.7 Å². The Morgan fingerprint density at radius 3 is 2.55 bits per heavy atom. The van der Waals surface area contributed by atoms with Gasteiger partial charge in [0.05, 0.1) is 5.02 Å². The molecule has 1 aliphatic carbocycles. The molecule has 4 nitrogen and oxygen atoms in total. The lowest BCUT2D eigenvalue weighted by atomic mass is 10.1. The highest BCUT2D eigenvalue weighted by Crippen LogP contribution is 2.29. The molecule has 2 N–H and O–H groups in total. The fourth-order valence-corrected chi connectivity index (χ4v) is 4.49. The normalized spacial score (nSPS) is 17.0. The van der Waals surface area contributed by atoms with Gasteiger partial charge in [0.25, 0.3) is 0 Å². The van der Waals surface area contributed by atoms with Gasteiger partial charge in [-0.05, 0) is 36.5 Å². The fraction of sp³-hybridized carbons (Fsp3) is 0.571. The summed E-state index contributed by atoms with van der Waals surface area (Å²) < 4.78 is 26.5. The number of hydrogen-bond donors (Lipinski definition) is 1. The van der Waals surface area contributed by atoms with Gasteiger partial charge in [-0.15, -0.1) is 0 Å². The van der Waals surface area contributed by atoms with Gasteiger partial charge >= 0.3 is 0 Å². The number of sulfonamides is 1. The molecule has 112 valence electrons. The van der Waals surface area contributed by atoms with E-state index < -0.39 is 10.0 Å². The molecule has 1 aromatic rings. The predicted octanol–water partition coefficient (Wildman–Crippen LogP) is 2.61. The number of nitrogens with two attached hydrogens (primary N) is 1. The van der Waals surface area contributed by atoms with E-state index in [1.807, 2.05) is 0 Å². The average Bonchev–Trinajstić information content (AvgIpc) is 2.91. The van der Waals surface area contributed by atoms with Gasteiger partial charge in [-0.1, -0.05) is 30.5 Å². The van der Waals surface area contributed by atoms with Crippen LogP contribution >= 0.6 is 11.6 Å². The molecule has 0 amide bonds. The minimum absolute atomic E-state index is 0.164. The largest absolute Gasteiger partial charge is 0.326 e. The average molecular weight is 317 g/mol. The van der Waals surface area contributed by atoms with Crippen molar-refractivity contribution < 1.29 is 8.42 Å². The molecule has 0 unspecified atom stereocenters. The Labute approximate surface area is 126 Å². The van der Waals surface area contributed by atoms with E-state index in [1.165, 1.54) is 17.1 Å². The number of nitrogens with zero attached hydrogens (tertiary/aromatic N) is 1. The monoisotopic (exact) mass is 316 g/mol. The van der Waals surface area contributed by atoms with E-state index in [1.54, 1.807) is 25.2 Å². The molecule has 0 aromatic heterocycles. The fourth-order valence-electron chi connectivity index (χ4n) is 2.70. The molecule has 1 aliphatic rings. The van der Waals surface area contributed by atoms with E-state index in [4.69, 9.17) is 17.3 Å². The molecule has 2 rings (SSSR count). The van der Waals surface area contributed by atoms with Crippen LogP contribution in [0.25, 0.3) is 0 Å². The van der Waals surface area contributed by atoms with Gasteiger partial charge in [-0.2, -0.15) is 0 Å². The van der Waals surface area contributed by atoms with Crippen molar-refractivity contribution in [2.75, 3.05) is 13.6 Å². The molecular weight excluding hydrogens is 296 g/mol. The molecule has 1 fully saturated rings. The Morgan fingerprint density at radius 2 is 2.00 bits per heavy atom. The number of rotatable bonds is 5. The lowest BCUT2D eigenvalue weighted by molar-refractivity contribution is 0.387. The van der Waals surface area contributed by atoms with Crippen LogP contribution in [0.5, 0.6) is 0 Å². The lowest BCUT2D eigenvalue weighted by Crippen LogP contribution is -2.31. The maximum Gasteiger partial charge on any atom is 0.244 e. The first-order valence-corrected chi connectivity index (χ1v) is 8.72. The predicted molar refractivity (Wildman–Crippen MR) is 81.1 cm³/mol. The summed E-state index contributed by atoms with van der Waals surface area (Å²) in [6.45, 7) is 0.912. The van der Waals surface area contributed by atoms with Crippen molar-refractivity contribution in [3.63, 3.8) is 0 Å². The Balaban J connectivity index is 2.20. The van der Waals surface area contributed by atoms with Crippen molar-refractivity contribution in [1.82, 2.24) is 4.31 Å². The quantitative estimate of drug-likeness (QED) is 0.908. The second kappa shape index (κ2) is 6.43. The SMILES string of the molecule is CN(CC1CCCC1)S(=O)(=O)c1ccc(CN)cc1Cl. The Bertz CT molecular complexity index is 569. The molecule has 0 aliphatic heterocycles. The highest BCUT2D eigenvalue weighted by molar-refractivity contribution is 7.89. The molecule has 0 spiro atoms. The lowest BCUT2D eigenvalue weighted by Gasteiger charge is -2.21. The maximum absolute atomic E-state index is 12.6. The van der Waals surface area contributed by atoms with Gasteiger partial charge in [-0.3, -0.25) is 0 Å². The van der Waals surface area contributed by atoms with Crippen LogP contribution in [0.4, 0.5) is 0 Å². The molecule has 0 atom stereocenters. The van der Waals surface area contributed by atoms with E-state index in [2.05, 4.69) is 0 Å². The molecule has 0 bridgehead atoms. The maximum atomic E-state index is 12.6. The van der Waals surface area contributed by atoms with Crippen molar-refractivity contribution in [3.05, 3.63) is 28.8 Å². The van der Waals surface area contributed by atoms with E-state index in [0.717, 1.165) is 18.4 Å². The molecule has 0 radical (unpaired) electrons. The van der Waals surface area contributed by atoms with E-state index in [9.17, 15) is 8.42 Å². The third-order valence-corrected chi connectivity index (χ3v) is 6.22. The molecule has 6 heteroatoms. The molecular formula is C14H21ClN2O2S. The van der Waals surface area contributed by atoms with Gasteiger partial charge < -0.3 is 5.73 Å².